The van der Waals surface area contributed by atoms with Crippen LogP contribution in [-0.2, 0) is 5.41 Å². The van der Waals surface area contributed by atoms with Crippen LogP contribution in [0.5, 0.6) is 0 Å². The van der Waals surface area contributed by atoms with Crippen LogP contribution in [0.2, 0.25) is 0 Å². The third-order valence-corrected chi connectivity index (χ3v) is 11.0. The summed E-state index contributed by atoms with van der Waals surface area (Å²) in [5, 5.41) is 5.02. The number of rotatable bonds is 5. The highest BCUT2D eigenvalue weighted by Crippen LogP contribution is 2.54. The van der Waals surface area contributed by atoms with Crippen molar-refractivity contribution in [1.29, 1.82) is 0 Å². The Balaban J connectivity index is 1.27. The molecule has 1 aliphatic rings. The molecule has 0 radical (unpaired) electrons. The van der Waals surface area contributed by atoms with E-state index in [4.69, 9.17) is 0 Å². The summed E-state index contributed by atoms with van der Waals surface area (Å²) in [4.78, 5) is 2.47. The predicted octanol–water partition coefficient (Wildman–Crippen LogP) is 13.4. The number of fused-ring (bicyclic) bond motifs is 8. The van der Waals surface area contributed by atoms with Gasteiger partial charge in [0.05, 0.1) is 16.7 Å². The fourth-order valence-electron chi connectivity index (χ4n) is 8.55. The summed E-state index contributed by atoms with van der Waals surface area (Å²) in [6.45, 7) is 4.73. The Morgan fingerprint density at radius 3 is 1.96 bits per heavy atom. The van der Waals surface area contributed by atoms with E-state index in [1.165, 1.54) is 71.6 Å². The molecule has 242 valence electrons. The van der Waals surface area contributed by atoms with Crippen molar-refractivity contribution in [1.82, 2.24) is 4.57 Å². The predicted molar refractivity (Wildman–Crippen MR) is 216 cm³/mol. The summed E-state index contributed by atoms with van der Waals surface area (Å²) in [5.41, 5.74) is 14.7. The van der Waals surface area contributed by atoms with Gasteiger partial charge in [0.25, 0.3) is 0 Å². The van der Waals surface area contributed by atoms with Crippen molar-refractivity contribution in [2.45, 2.75) is 19.3 Å². The molecule has 2 heteroatoms. The van der Waals surface area contributed by atoms with E-state index in [1.807, 2.05) is 0 Å². The average molecular weight is 653 g/mol. The van der Waals surface area contributed by atoms with Gasteiger partial charge in [0.15, 0.2) is 0 Å². The molecule has 0 fully saturated rings. The van der Waals surface area contributed by atoms with E-state index < -0.39 is 0 Å². The second kappa shape index (κ2) is 11.3. The van der Waals surface area contributed by atoms with E-state index in [9.17, 15) is 0 Å². The number of hydrogen-bond acceptors (Lipinski definition) is 1. The molecule has 1 heterocycles. The van der Waals surface area contributed by atoms with Crippen LogP contribution < -0.4 is 4.90 Å². The lowest BCUT2D eigenvalue weighted by Crippen LogP contribution is -2.15. The molecule has 1 aliphatic carbocycles. The maximum absolute atomic E-state index is 2.47. The lowest BCUT2D eigenvalue weighted by atomic mass is 9.82. The third-order valence-electron chi connectivity index (χ3n) is 11.0. The Morgan fingerprint density at radius 1 is 0.471 bits per heavy atom. The smallest absolute Gasteiger partial charge is 0.0561 e. The van der Waals surface area contributed by atoms with Crippen LogP contribution in [-0.4, -0.2) is 4.57 Å². The number of anilines is 3. The van der Waals surface area contributed by atoms with Gasteiger partial charge in [0, 0.05) is 38.6 Å². The average Bonchev–Trinajstić information content (AvgIpc) is 3.64. The fraction of sp³-hybridized carbons (Fsp3) is 0.0612. The first-order valence-corrected chi connectivity index (χ1v) is 17.8. The summed E-state index contributed by atoms with van der Waals surface area (Å²) >= 11 is 0. The summed E-state index contributed by atoms with van der Waals surface area (Å²) in [7, 11) is 0. The molecule has 0 unspecified atom stereocenters. The van der Waals surface area contributed by atoms with Gasteiger partial charge in [-0.2, -0.15) is 0 Å². The van der Waals surface area contributed by atoms with Gasteiger partial charge in [-0.25, -0.2) is 0 Å². The van der Waals surface area contributed by atoms with Gasteiger partial charge in [-0.3, -0.25) is 0 Å². The van der Waals surface area contributed by atoms with E-state index in [1.54, 1.807) is 0 Å². The largest absolute Gasteiger partial charge is 0.310 e. The van der Waals surface area contributed by atoms with Crippen LogP contribution in [0.1, 0.15) is 25.0 Å². The van der Waals surface area contributed by atoms with Gasteiger partial charge in [-0.05, 0) is 87.3 Å². The molecule has 9 aromatic rings. The van der Waals surface area contributed by atoms with Crippen molar-refractivity contribution in [3.05, 3.63) is 193 Å². The molecule has 8 aromatic carbocycles. The molecule has 0 spiro atoms. The number of aromatic nitrogens is 1. The Hall–Kier alpha value is -6.38. The van der Waals surface area contributed by atoms with Crippen molar-refractivity contribution < 1.29 is 0 Å². The van der Waals surface area contributed by atoms with Crippen molar-refractivity contribution in [2.24, 2.45) is 0 Å². The second-order valence-electron chi connectivity index (χ2n) is 14.2. The van der Waals surface area contributed by atoms with Gasteiger partial charge in [0.1, 0.15) is 0 Å². The Labute approximate surface area is 298 Å². The summed E-state index contributed by atoms with van der Waals surface area (Å²) in [5.74, 6) is 0. The van der Waals surface area contributed by atoms with E-state index in [-0.39, 0.29) is 5.41 Å². The molecule has 0 bridgehead atoms. The molecule has 0 saturated carbocycles. The molecule has 0 amide bonds. The van der Waals surface area contributed by atoms with Crippen LogP contribution in [0.4, 0.5) is 17.1 Å². The first-order chi connectivity index (χ1) is 25.1. The highest BCUT2D eigenvalue weighted by molar-refractivity contribution is 6.13. The zero-order valence-corrected chi connectivity index (χ0v) is 28.7. The van der Waals surface area contributed by atoms with Gasteiger partial charge in [-0.15, -0.1) is 0 Å². The lowest BCUT2D eigenvalue weighted by Gasteiger charge is -2.28. The third kappa shape index (κ3) is 4.50. The van der Waals surface area contributed by atoms with E-state index in [0.29, 0.717) is 0 Å². The lowest BCUT2D eigenvalue weighted by molar-refractivity contribution is 0.661. The molecule has 0 N–H and O–H groups in total. The normalized spacial score (nSPS) is 13.1. The molecular formula is C49H36N2. The van der Waals surface area contributed by atoms with Crippen LogP contribution in [0.3, 0.4) is 0 Å². The van der Waals surface area contributed by atoms with Gasteiger partial charge >= 0.3 is 0 Å². The quantitative estimate of drug-likeness (QED) is 0.180. The molecule has 0 aliphatic heterocycles. The number of benzene rings is 8. The van der Waals surface area contributed by atoms with E-state index in [2.05, 4.69) is 205 Å². The minimum absolute atomic E-state index is 0.0923. The van der Waals surface area contributed by atoms with Gasteiger partial charge < -0.3 is 9.47 Å². The molecule has 2 nitrogen and oxygen atoms in total. The van der Waals surface area contributed by atoms with Crippen LogP contribution >= 0.6 is 0 Å². The number of nitrogens with zero attached hydrogens (tertiary/aromatic N) is 2. The molecule has 0 atom stereocenters. The van der Waals surface area contributed by atoms with Gasteiger partial charge in [0.2, 0.25) is 0 Å². The first-order valence-electron chi connectivity index (χ1n) is 17.8. The highest BCUT2D eigenvalue weighted by atomic mass is 15.1. The zero-order valence-electron chi connectivity index (χ0n) is 28.7. The van der Waals surface area contributed by atoms with Crippen LogP contribution in [0, 0.1) is 0 Å². The summed E-state index contributed by atoms with van der Waals surface area (Å²) in [6, 6.07) is 66.6. The van der Waals surface area contributed by atoms with E-state index in [0.717, 1.165) is 17.1 Å². The molecule has 0 saturated heterocycles. The Bertz CT molecular complexity index is 2750. The first kappa shape index (κ1) is 29.5. The minimum Gasteiger partial charge on any atom is -0.310 e. The SMILES string of the molecule is CC1(C)c2ccccc2-c2c1ccc1cccc(N(c3ccc(-c4ccccc4)cc3)c3ccc4c5ccccc5n(-c5ccccc5)c4c3)c21. The van der Waals surface area contributed by atoms with Crippen molar-refractivity contribution in [2.75, 3.05) is 4.90 Å². The molecule has 10 rings (SSSR count). The zero-order chi connectivity index (χ0) is 34.1. The van der Waals surface area contributed by atoms with Crippen molar-refractivity contribution in [3.8, 4) is 27.9 Å². The maximum atomic E-state index is 2.47. The highest BCUT2D eigenvalue weighted by Gasteiger charge is 2.37. The topological polar surface area (TPSA) is 8.17 Å². The van der Waals surface area contributed by atoms with Crippen molar-refractivity contribution in [3.63, 3.8) is 0 Å². The Kier molecular flexibility index (Phi) is 6.56. The molecule has 1 aromatic heterocycles. The number of hydrogen-bond donors (Lipinski definition) is 0. The van der Waals surface area contributed by atoms with Crippen molar-refractivity contribution >= 4 is 49.6 Å². The monoisotopic (exact) mass is 652 g/mol. The van der Waals surface area contributed by atoms with Crippen LogP contribution in [0.15, 0.2) is 182 Å². The summed E-state index contributed by atoms with van der Waals surface area (Å²) < 4.78 is 2.41. The minimum atomic E-state index is -0.0923. The molecular weight excluding hydrogens is 617 g/mol. The van der Waals surface area contributed by atoms with E-state index >= 15 is 0 Å². The Morgan fingerprint density at radius 2 is 1.14 bits per heavy atom. The summed E-state index contributed by atoms with van der Waals surface area (Å²) in [6.07, 6.45) is 0. The molecule has 51 heavy (non-hydrogen) atoms. The van der Waals surface area contributed by atoms with Gasteiger partial charge in [-0.1, -0.05) is 147 Å². The fourth-order valence-corrected chi connectivity index (χ4v) is 8.55. The maximum Gasteiger partial charge on any atom is 0.0561 e. The van der Waals surface area contributed by atoms with Crippen LogP contribution in [0.25, 0.3) is 60.5 Å². The number of para-hydroxylation sites is 2. The second-order valence-corrected chi connectivity index (χ2v) is 14.2. The standard InChI is InChI=1S/C49H36N2/c1-49(2)42-21-11-9-20-41(42)48-43(49)31-26-35-16-13-23-45(47(35)48)50(37-27-24-34(25-28-37)33-14-5-3-6-15-33)38-29-30-40-39-19-10-12-22-44(39)51(46(40)32-38)36-17-7-4-8-18-36/h3-32H,1-2H3.